The van der Waals surface area contributed by atoms with Crippen molar-refractivity contribution < 1.29 is 9.59 Å². The molecule has 0 saturated carbocycles. The van der Waals surface area contributed by atoms with Crippen LogP contribution in [0.15, 0.2) is 9.95 Å². The lowest BCUT2D eigenvalue weighted by molar-refractivity contribution is -0.136. The molecule has 0 spiro atoms. The molecule has 2 aromatic heterocycles. The van der Waals surface area contributed by atoms with Crippen LogP contribution >= 0.6 is 23.1 Å². The van der Waals surface area contributed by atoms with E-state index in [4.69, 9.17) is 4.98 Å². The molecule has 0 atom stereocenters. The van der Waals surface area contributed by atoms with Gasteiger partial charge < -0.3 is 9.80 Å². The van der Waals surface area contributed by atoms with Crippen LogP contribution in [0, 0.1) is 13.8 Å². The fourth-order valence-electron chi connectivity index (χ4n) is 3.42. The van der Waals surface area contributed by atoms with Gasteiger partial charge in [0, 0.05) is 44.5 Å². The highest BCUT2D eigenvalue weighted by Crippen LogP contribution is 2.28. The van der Waals surface area contributed by atoms with Gasteiger partial charge in [-0.3, -0.25) is 19.0 Å². The van der Waals surface area contributed by atoms with E-state index in [9.17, 15) is 14.4 Å². The van der Waals surface area contributed by atoms with Gasteiger partial charge in [-0.1, -0.05) is 25.1 Å². The normalized spacial score (nSPS) is 14.6. The Morgan fingerprint density at radius 2 is 1.79 bits per heavy atom. The molecule has 2 aromatic rings. The Morgan fingerprint density at radius 1 is 1.14 bits per heavy atom. The predicted molar refractivity (Wildman–Crippen MR) is 118 cm³/mol. The molecule has 3 heterocycles. The average Bonchev–Trinajstić information content (AvgIpc) is 2.99. The number of nitrogens with zero attached hydrogens (tertiary/aromatic N) is 4. The Hall–Kier alpha value is -1.87. The SMILES string of the molecule is CCCCn1c(SCC(=O)N2CCN(C(C)=O)CC2)nc2sc(C)c(C)c2c1=O. The van der Waals surface area contributed by atoms with E-state index < -0.39 is 0 Å². The summed E-state index contributed by atoms with van der Waals surface area (Å²) in [5.74, 6) is 0.312. The molecular weight excluding hydrogens is 408 g/mol. The highest BCUT2D eigenvalue weighted by molar-refractivity contribution is 7.99. The minimum Gasteiger partial charge on any atom is -0.339 e. The fraction of sp³-hybridized carbons (Fsp3) is 0.600. The minimum atomic E-state index is -0.00433. The van der Waals surface area contributed by atoms with Crippen LogP contribution in [0.2, 0.25) is 0 Å². The molecule has 3 rings (SSSR count). The maximum absolute atomic E-state index is 13.1. The highest BCUT2D eigenvalue weighted by atomic mass is 32.2. The summed E-state index contributed by atoms with van der Waals surface area (Å²) in [6.07, 6.45) is 1.87. The Kier molecular flexibility index (Phi) is 7.00. The number of hydrogen-bond acceptors (Lipinski definition) is 6. The number of thiophene rings is 1. The molecule has 1 fully saturated rings. The first-order valence-corrected chi connectivity index (χ1v) is 11.8. The topological polar surface area (TPSA) is 75.5 Å². The van der Waals surface area contributed by atoms with Crippen molar-refractivity contribution in [3.8, 4) is 0 Å². The van der Waals surface area contributed by atoms with Crippen LogP contribution in [0.3, 0.4) is 0 Å². The summed E-state index contributed by atoms with van der Waals surface area (Å²) in [7, 11) is 0. The van der Waals surface area contributed by atoms with Gasteiger partial charge in [0.05, 0.1) is 11.1 Å². The van der Waals surface area contributed by atoms with E-state index in [0.717, 1.165) is 28.1 Å². The Labute approximate surface area is 179 Å². The number of unbranched alkanes of at least 4 members (excludes halogenated alkanes) is 1. The van der Waals surface area contributed by atoms with Gasteiger partial charge in [-0.05, 0) is 25.8 Å². The molecule has 0 aromatic carbocycles. The third-order valence-electron chi connectivity index (χ3n) is 5.39. The van der Waals surface area contributed by atoms with Crippen LogP contribution in [-0.4, -0.2) is 63.1 Å². The monoisotopic (exact) mass is 436 g/mol. The van der Waals surface area contributed by atoms with Crippen LogP contribution in [-0.2, 0) is 16.1 Å². The van der Waals surface area contributed by atoms with E-state index >= 15 is 0 Å². The maximum atomic E-state index is 13.1. The Balaban J connectivity index is 1.77. The van der Waals surface area contributed by atoms with Crippen LogP contribution in [0.4, 0.5) is 0 Å². The molecule has 9 heteroatoms. The number of thioether (sulfide) groups is 1. The van der Waals surface area contributed by atoms with Crippen molar-refractivity contribution in [2.45, 2.75) is 52.2 Å². The molecule has 1 aliphatic rings. The van der Waals surface area contributed by atoms with Gasteiger partial charge in [-0.25, -0.2) is 4.98 Å². The maximum Gasteiger partial charge on any atom is 0.263 e. The zero-order chi connectivity index (χ0) is 21.1. The van der Waals surface area contributed by atoms with Crippen LogP contribution in [0.25, 0.3) is 10.2 Å². The Bertz CT molecular complexity index is 974. The fourth-order valence-corrected chi connectivity index (χ4v) is 5.42. The molecular formula is C20H28N4O3S2. The molecule has 0 aliphatic carbocycles. The summed E-state index contributed by atoms with van der Waals surface area (Å²) in [4.78, 5) is 47.4. The molecule has 1 saturated heterocycles. The van der Waals surface area contributed by atoms with E-state index in [-0.39, 0.29) is 23.1 Å². The van der Waals surface area contributed by atoms with Crippen molar-refractivity contribution >= 4 is 45.1 Å². The molecule has 158 valence electrons. The Morgan fingerprint density at radius 3 is 2.41 bits per heavy atom. The second-order valence-corrected chi connectivity index (χ2v) is 9.49. The van der Waals surface area contributed by atoms with E-state index in [1.165, 1.54) is 23.1 Å². The van der Waals surface area contributed by atoms with Gasteiger partial charge in [0.25, 0.3) is 5.56 Å². The quantitative estimate of drug-likeness (QED) is 0.514. The van der Waals surface area contributed by atoms with Crippen molar-refractivity contribution in [2.75, 3.05) is 31.9 Å². The lowest BCUT2D eigenvalue weighted by Gasteiger charge is -2.34. The lowest BCUT2D eigenvalue weighted by atomic mass is 10.2. The first-order chi connectivity index (χ1) is 13.8. The van der Waals surface area contributed by atoms with Crippen molar-refractivity contribution in [1.82, 2.24) is 19.4 Å². The summed E-state index contributed by atoms with van der Waals surface area (Å²) in [5.41, 5.74) is 0.999. The summed E-state index contributed by atoms with van der Waals surface area (Å²) in [6, 6.07) is 0. The largest absolute Gasteiger partial charge is 0.339 e. The van der Waals surface area contributed by atoms with Crippen LogP contribution in [0.1, 0.15) is 37.1 Å². The second-order valence-electron chi connectivity index (χ2n) is 7.34. The third kappa shape index (κ3) is 4.66. The number of rotatable bonds is 6. The smallest absolute Gasteiger partial charge is 0.263 e. The number of carbonyl (C=O) groups is 2. The van der Waals surface area contributed by atoms with Crippen molar-refractivity contribution in [1.29, 1.82) is 0 Å². The lowest BCUT2D eigenvalue weighted by Crippen LogP contribution is -2.50. The molecule has 7 nitrogen and oxygen atoms in total. The number of amides is 2. The second kappa shape index (κ2) is 9.30. The van der Waals surface area contributed by atoms with Gasteiger partial charge in [0.2, 0.25) is 11.8 Å². The summed E-state index contributed by atoms with van der Waals surface area (Å²) in [5, 5.41) is 1.33. The molecule has 0 N–H and O–H groups in total. The number of hydrogen-bond donors (Lipinski definition) is 0. The van der Waals surface area contributed by atoms with E-state index in [1.54, 1.807) is 21.3 Å². The van der Waals surface area contributed by atoms with Crippen molar-refractivity contribution in [2.24, 2.45) is 0 Å². The number of piperazine rings is 1. The molecule has 1 aliphatic heterocycles. The zero-order valence-electron chi connectivity index (χ0n) is 17.5. The number of aromatic nitrogens is 2. The minimum absolute atomic E-state index is 0.00433. The summed E-state index contributed by atoms with van der Waals surface area (Å²) in [6.45, 7) is 10.5. The molecule has 0 bridgehead atoms. The first-order valence-electron chi connectivity index (χ1n) is 10.00. The molecule has 2 amide bonds. The third-order valence-corrected chi connectivity index (χ3v) is 7.45. The van der Waals surface area contributed by atoms with E-state index in [2.05, 4.69) is 6.92 Å². The average molecular weight is 437 g/mol. The van der Waals surface area contributed by atoms with Crippen molar-refractivity contribution in [3.05, 3.63) is 20.8 Å². The highest BCUT2D eigenvalue weighted by Gasteiger charge is 2.23. The van der Waals surface area contributed by atoms with Gasteiger partial charge in [-0.2, -0.15) is 0 Å². The number of aryl methyl sites for hydroxylation is 2. The van der Waals surface area contributed by atoms with Gasteiger partial charge >= 0.3 is 0 Å². The zero-order valence-corrected chi connectivity index (χ0v) is 19.1. The van der Waals surface area contributed by atoms with E-state index in [0.29, 0.717) is 43.3 Å². The number of carbonyl (C=O) groups excluding carboxylic acids is 2. The summed E-state index contributed by atoms with van der Waals surface area (Å²) < 4.78 is 1.73. The summed E-state index contributed by atoms with van der Waals surface area (Å²) >= 11 is 2.87. The first kappa shape index (κ1) is 21.8. The van der Waals surface area contributed by atoms with Crippen LogP contribution in [0.5, 0.6) is 0 Å². The standard InChI is InChI=1S/C20H28N4O3S2/c1-5-6-7-24-19(27)17-13(2)14(3)29-18(17)21-20(24)28-12-16(26)23-10-8-22(9-11-23)15(4)25/h5-12H2,1-4H3. The van der Waals surface area contributed by atoms with Gasteiger partial charge in [0.15, 0.2) is 5.16 Å². The van der Waals surface area contributed by atoms with Gasteiger partial charge in [-0.15, -0.1) is 11.3 Å². The van der Waals surface area contributed by atoms with E-state index in [1.807, 2.05) is 13.8 Å². The van der Waals surface area contributed by atoms with Crippen LogP contribution < -0.4 is 5.56 Å². The van der Waals surface area contributed by atoms with Gasteiger partial charge in [0.1, 0.15) is 4.83 Å². The van der Waals surface area contributed by atoms with Crippen molar-refractivity contribution in [3.63, 3.8) is 0 Å². The molecule has 0 unspecified atom stereocenters. The number of fused-ring (bicyclic) bond motifs is 1. The predicted octanol–water partition coefficient (Wildman–Crippen LogP) is 2.66. The molecule has 0 radical (unpaired) electrons. The molecule has 29 heavy (non-hydrogen) atoms.